The predicted octanol–water partition coefficient (Wildman–Crippen LogP) is 2.51. The van der Waals surface area contributed by atoms with E-state index in [2.05, 4.69) is 29.1 Å². The number of aromatic nitrogens is 1. The maximum Gasteiger partial charge on any atom is 0.272 e. The minimum atomic E-state index is -3.58. The molecule has 3 heterocycles. The Balaban J connectivity index is 1.48. The number of sulfonamides is 1. The molecule has 9 heteroatoms. The van der Waals surface area contributed by atoms with E-state index >= 15 is 0 Å². The van der Waals surface area contributed by atoms with E-state index in [-0.39, 0.29) is 10.8 Å². The first-order valence-electron chi connectivity index (χ1n) is 11.3. The van der Waals surface area contributed by atoms with E-state index in [4.69, 9.17) is 0 Å². The number of aryl methyl sites for hydroxylation is 2. The minimum absolute atomic E-state index is 0.175. The van der Waals surface area contributed by atoms with Crippen molar-refractivity contribution in [2.75, 3.05) is 56.5 Å². The maximum absolute atomic E-state index is 13.0. The van der Waals surface area contributed by atoms with Gasteiger partial charge in [0.05, 0.1) is 0 Å². The van der Waals surface area contributed by atoms with Crippen LogP contribution >= 0.6 is 0 Å². The van der Waals surface area contributed by atoms with Crippen molar-refractivity contribution in [2.24, 2.45) is 7.05 Å². The van der Waals surface area contributed by atoms with Gasteiger partial charge in [0.15, 0.2) is 0 Å². The second kappa shape index (κ2) is 9.25. The van der Waals surface area contributed by atoms with Gasteiger partial charge >= 0.3 is 0 Å². The molecule has 0 unspecified atom stereocenters. The molecule has 174 valence electrons. The molecule has 1 N–H and O–H groups in total. The fourth-order valence-electron chi connectivity index (χ4n) is 4.49. The van der Waals surface area contributed by atoms with Crippen molar-refractivity contribution in [2.45, 2.75) is 31.1 Å². The standard InChI is InChI=1S/C23H33N5O3S/c1-18-15-19(7-8-21(18)27-13-11-25(2)12-14-27)24-23(29)22-16-20(17-26(22)3)32(30,31)28-9-5-4-6-10-28/h7-8,15-17H,4-6,9-14H2,1-3H3,(H,24,29). The molecule has 0 aliphatic carbocycles. The molecule has 0 bridgehead atoms. The van der Waals surface area contributed by atoms with Crippen LogP contribution < -0.4 is 10.2 Å². The van der Waals surface area contributed by atoms with Crippen molar-refractivity contribution < 1.29 is 13.2 Å². The van der Waals surface area contributed by atoms with E-state index in [0.29, 0.717) is 24.5 Å². The average molecular weight is 460 g/mol. The second-order valence-electron chi connectivity index (χ2n) is 8.88. The Bertz CT molecular complexity index is 1080. The van der Waals surface area contributed by atoms with Crippen molar-refractivity contribution in [3.63, 3.8) is 0 Å². The van der Waals surface area contributed by atoms with Gasteiger partial charge in [-0.3, -0.25) is 4.79 Å². The number of rotatable bonds is 5. The molecule has 2 aromatic rings. The summed E-state index contributed by atoms with van der Waals surface area (Å²) in [6.45, 7) is 7.17. The van der Waals surface area contributed by atoms with Gasteiger partial charge in [-0.15, -0.1) is 0 Å². The molecule has 2 aliphatic rings. The van der Waals surface area contributed by atoms with Crippen molar-refractivity contribution >= 4 is 27.3 Å². The van der Waals surface area contributed by atoms with Gasteiger partial charge in [0.2, 0.25) is 10.0 Å². The molecule has 1 aromatic carbocycles. The van der Waals surface area contributed by atoms with Crippen LogP contribution in [0.5, 0.6) is 0 Å². The zero-order valence-corrected chi connectivity index (χ0v) is 20.0. The summed E-state index contributed by atoms with van der Waals surface area (Å²) >= 11 is 0. The lowest BCUT2D eigenvalue weighted by Crippen LogP contribution is -2.44. The molecule has 2 saturated heterocycles. The summed E-state index contributed by atoms with van der Waals surface area (Å²) in [6, 6.07) is 7.41. The van der Waals surface area contributed by atoms with Crippen LogP contribution in [0.25, 0.3) is 0 Å². The normalized spacial score (nSPS) is 18.7. The highest BCUT2D eigenvalue weighted by molar-refractivity contribution is 7.89. The molecule has 2 fully saturated rings. The number of nitrogens with zero attached hydrogens (tertiary/aromatic N) is 4. The van der Waals surface area contributed by atoms with E-state index in [1.807, 2.05) is 18.2 Å². The lowest BCUT2D eigenvalue weighted by Gasteiger charge is -2.35. The van der Waals surface area contributed by atoms with Crippen molar-refractivity contribution in [1.29, 1.82) is 0 Å². The Labute approximate surface area is 190 Å². The van der Waals surface area contributed by atoms with E-state index in [9.17, 15) is 13.2 Å². The summed E-state index contributed by atoms with van der Waals surface area (Å²) in [5.74, 6) is -0.320. The molecule has 0 radical (unpaired) electrons. The number of hydrogen-bond donors (Lipinski definition) is 1. The van der Waals surface area contributed by atoms with Crippen LogP contribution in [0.15, 0.2) is 35.4 Å². The molecule has 4 rings (SSSR count). The summed E-state index contributed by atoms with van der Waals surface area (Å²) in [7, 11) is 0.260. The van der Waals surface area contributed by atoms with Crippen LogP contribution in [-0.4, -0.2) is 74.4 Å². The maximum atomic E-state index is 13.0. The Morgan fingerprint density at radius 3 is 2.28 bits per heavy atom. The van der Waals surface area contributed by atoms with Gasteiger partial charge < -0.3 is 19.7 Å². The molecule has 8 nitrogen and oxygen atoms in total. The van der Waals surface area contributed by atoms with Gasteiger partial charge in [0.25, 0.3) is 5.91 Å². The van der Waals surface area contributed by atoms with Gasteiger partial charge in [0, 0.05) is 63.9 Å². The van der Waals surface area contributed by atoms with E-state index in [1.165, 1.54) is 22.3 Å². The van der Waals surface area contributed by atoms with Gasteiger partial charge in [-0.25, -0.2) is 8.42 Å². The summed E-state index contributed by atoms with van der Waals surface area (Å²) in [4.78, 5) is 17.8. The Morgan fingerprint density at radius 2 is 1.62 bits per heavy atom. The largest absolute Gasteiger partial charge is 0.369 e. The fraction of sp³-hybridized carbons (Fsp3) is 0.522. The third-order valence-electron chi connectivity index (χ3n) is 6.46. The lowest BCUT2D eigenvalue weighted by molar-refractivity contribution is 0.101. The molecule has 0 saturated carbocycles. The number of hydrogen-bond acceptors (Lipinski definition) is 5. The molecular formula is C23H33N5O3S. The zero-order chi connectivity index (χ0) is 22.9. The SMILES string of the molecule is Cc1cc(NC(=O)c2cc(S(=O)(=O)N3CCCCC3)cn2C)ccc1N1CCN(C)CC1. The second-order valence-corrected chi connectivity index (χ2v) is 10.8. The number of anilines is 2. The first-order chi connectivity index (χ1) is 15.3. The average Bonchev–Trinajstić information content (AvgIpc) is 3.18. The quantitative estimate of drug-likeness (QED) is 0.743. The predicted molar refractivity (Wildman–Crippen MR) is 127 cm³/mol. The van der Waals surface area contributed by atoms with Gasteiger partial charge in [-0.2, -0.15) is 4.31 Å². The Kier molecular flexibility index (Phi) is 6.60. The van der Waals surface area contributed by atoms with Crippen LogP contribution in [0.3, 0.4) is 0 Å². The fourth-order valence-corrected chi connectivity index (χ4v) is 6.07. The van der Waals surface area contributed by atoms with Crippen LogP contribution in [0.4, 0.5) is 11.4 Å². The summed E-state index contributed by atoms with van der Waals surface area (Å²) < 4.78 is 29.0. The van der Waals surface area contributed by atoms with Crippen LogP contribution in [0.1, 0.15) is 35.3 Å². The highest BCUT2D eigenvalue weighted by Gasteiger charge is 2.28. The van der Waals surface area contributed by atoms with Gasteiger partial charge in [0.1, 0.15) is 10.6 Å². The van der Waals surface area contributed by atoms with Crippen LogP contribution in [0.2, 0.25) is 0 Å². The highest BCUT2D eigenvalue weighted by atomic mass is 32.2. The lowest BCUT2D eigenvalue weighted by atomic mass is 10.1. The Hall–Kier alpha value is -2.36. The molecule has 32 heavy (non-hydrogen) atoms. The number of carbonyl (C=O) groups excluding carboxylic acids is 1. The molecule has 0 atom stereocenters. The third kappa shape index (κ3) is 4.69. The third-order valence-corrected chi connectivity index (χ3v) is 8.33. The number of carbonyl (C=O) groups is 1. The first-order valence-corrected chi connectivity index (χ1v) is 12.7. The van der Waals surface area contributed by atoms with E-state index < -0.39 is 10.0 Å². The summed E-state index contributed by atoms with van der Waals surface area (Å²) in [5, 5.41) is 2.93. The van der Waals surface area contributed by atoms with Crippen molar-refractivity contribution in [1.82, 2.24) is 13.8 Å². The summed E-state index contributed by atoms with van der Waals surface area (Å²) in [5.41, 5.74) is 3.31. The number of amides is 1. The van der Waals surface area contributed by atoms with E-state index in [0.717, 1.165) is 51.0 Å². The number of likely N-dealkylation sites (N-methyl/N-ethyl adjacent to an activating group) is 1. The molecular weight excluding hydrogens is 426 g/mol. The Morgan fingerprint density at radius 1 is 0.938 bits per heavy atom. The molecule has 2 aliphatic heterocycles. The molecule has 0 spiro atoms. The van der Waals surface area contributed by atoms with Crippen LogP contribution in [-0.2, 0) is 17.1 Å². The number of nitrogens with one attached hydrogen (secondary N) is 1. The number of piperidine rings is 1. The smallest absolute Gasteiger partial charge is 0.272 e. The van der Waals surface area contributed by atoms with Gasteiger partial charge in [-0.05, 0) is 56.6 Å². The highest BCUT2D eigenvalue weighted by Crippen LogP contribution is 2.26. The monoisotopic (exact) mass is 459 g/mol. The summed E-state index contributed by atoms with van der Waals surface area (Å²) in [6.07, 6.45) is 4.34. The molecule has 1 amide bonds. The van der Waals surface area contributed by atoms with E-state index in [1.54, 1.807) is 11.6 Å². The zero-order valence-electron chi connectivity index (χ0n) is 19.2. The number of piperazine rings is 1. The minimum Gasteiger partial charge on any atom is -0.369 e. The topological polar surface area (TPSA) is 77.9 Å². The van der Waals surface area contributed by atoms with Gasteiger partial charge in [-0.1, -0.05) is 6.42 Å². The van der Waals surface area contributed by atoms with Crippen molar-refractivity contribution in [3.8, 4) is 0 Å². The number of benzene rings is 1. The van der Waals surface area contributed by atoms with Crippen molar-refractivity contribution in [3.05, 3.63) is 41.7 Å². The van der Waals surface area contributed by atoms with Crippen LogP contribution in [0, 0.1) is 6.92 Å². The molecule has 1 aromatic heterocycles. The first kappa shape index (κ1) is 22.8.